The summed E-state index contributed by atoms with van der Waals surface area (Å²) in [5.74, 6) is -0.0558. The number of fused-ring (bicyclic) bond motifs is 3. The summed E-state index contributed by atoms with van der Waals surface area (Å²) in [6.07, 6.45) is -1.36. The molecule has 0 radical (unpaired) electrons. The van der Waals surface area contributed by atoms with Crippen LogP contribution in [0.2, 0.25) is 0 Å². The molecular weight excluding hydrogens is 275 g/mol. The number of nitrogens with zero attached hydrogens (tertiary/aromatic N) is 2. The van der Waals surface area contributed by atoms with E-state index >= 15 is 0 Å². The minimum absolute atomic E-state index is 0.184. The van der Waals surface area contributed by atoms with Crippen molar-refractivity contribution >= 4 is 27.4 Å². The summed E-state index contributed by atoms with van der Waals surface area (Å²) in [6.45, 7) is 0. The summed E-state index contributed by atoms with van der Waals surface area (Å²) in [5.41, 5.74) is 6.97. The van der Waals surface area contributed by atoms with Crippen LogP contribution in [0.5, 0.6) is 0 Å². The number of hydrogen-bond donors (Lipinski definition) is 1. The van der Waals surface area contributed by atoms with Gasteiger partial charge in [-0.1, -0.05) is 0 Å². The first-order valence-corrected chi connectivity index (χ1v) is 6.89. The second-order valence-electron chi connectivity index (χ2n) is 4.71. The lowest BCUT2D eigenvalue weighted by Gasteiger charge is -2.11. The molecule has 102 valence electrons. The summed E-state index contributed by atoms with van der Waals surface area (Å²) < 4.78 is 37.1. The van der Waals surface area contributed by atoms with Gasteiger partial charge in [0.05, 0.1) is 5.39 Å². The number of thiophene rings is 1. The summed E-state index contributed by atoms with van der Waals surface area (Å²) in [5, 5.41) is 0.769. The Balaban J connectivity index is 2.11. The Labute approximate surface area is 111 Å². The summed E-state index contributed by atoms with van der Waals surface area (Å²) in [6, 6.07) is 0. The smallest absolute Gasteiger partial charge is 0.383 e. The third-order valence-electron chi connectivity index (χ3n) is 3.25. The van der Waals surface area contributed by atoms with Gasteiger partial charge in [-0.05, 0) is 31.2 Å². The van der Waals surface area contributed by atoms with E-state index in [1.807, 2.05) is 0 Å². The van der Waals surface area contributed by atoms with E-state index in [0.717, 1.165) is 36.6 Å². The highest BCUT2D eigenvalue weighted by atomic mass is 32.1. The Morgan fingerprint density at radius 2 is 1.89 bits per heavy atom. The molecule has 0 spiro atoms. The van der Waals surface area contributed by atoms with Crippen molar-refractivity contribution < 1.29 is 13.2 Å². The van der Waals surface area contributed by atoms with Gasteiger partial charge < -0.3 is 5.73 Å². The standard InChI is InChI=1S/C12H12F3N3S/c13-12(14,15)5-8-17-10(16)9-6-3-1-2-4-7(6)19-11(9)18-8/h1-5H2,(H2,16,17,18). The van der Waals surface area contributed by atoms with Crippen LogP contribution >= 0.6 is 11.3 Å². The van der Waals surface area contributed by atoms with Crippen molar-refractivity contribution in [3.05, 3.63) is 16.3 Å². The molecule has 0 aliphatic heterocycles. The highest BCUT2D eigenvalue weighted by Crippen LogP contribution is 2.38. The number of nitrogen functional groups attached to an aromatic ring is 1. The topological polar surface area (TPSA) is 51.8 Å². The van der Waals surface area contributed by atoms with E-state index in [9.17, 15) is 13.2 Å². The minimum Gasteiger partial charge on any atom is -0.383 e. The fourth-order valence-corrected chi connectivity index (χ4v) is 3.78. The lowest BCUT2D eigenvalue weighted by atomic mass is 9.97. The number of anilines is 1. The molecular formula is C12H12F3N3S. The predicted molar refractivity (Wildman–Crippen MR) is 68.2 cm³/mol. The maximum absolute atomic E-state index is 12.4. The van der Waals surface area contributed by atoms with Crippen LogP contribution < -0.4 is 5.73 Å². The van der Waals surface area contributed by atoms with Gasteiger partial charge in [0.15, 0.2) is 0 Å². The first-order chi connectivity index (χ1) is 8.94. The van der Waals surface area contributed by atoms with Crippen molar-refractivity contribution in [1.29, 1.82) is 0 Å². The lowest BCUT2D eigenvalue weighted by Crippen LogP contribution is -2.15. The highest BCUT2D eigenvalue weighted by Gasteiger charge is 2.30. The number of halogens is 3. The highest BCUT2D eigenvalue weighted by molar-refractivity contribution is 7.19. The lowest BCUT2D eigenvalue weighted by molar-refractivity contribution is -0.128. The van der Waals surface area contributed by atoms with Crippen molar-refractivity contribution in [2.45, 2.75) is 38.3 Å². The van der Waals surface area contributed by atoms with Crippen LogP contribution in [0.15, 0.2) is 0 Å². The molecule has 0 fully saturated rings. The number of hydrogen-bond acceptors (Lipinski definition) is 4. The van der Waals surface area contributed by atoms with Crippen LogP contribution in [0.4, 0.5) is 19.0 Å². The van der Waals surface area contributed by atoms with Crippen molar-refractivity contribution in [2.75, 3.05) is 5.73 Å². The van der Waals surface area contributed by atoms with Crippen LogP contribution in [0, 0.1) is 0 Å². The van der Waals surface area contributed by atoms with Crippen LogP contribution in [-0.4, -0.2) is 16.1 Å². The Morgan fingerprint density at radius 3 is 2.63 bits per heavy atom. The monoisotopic (exact) mass is 287 g/mol. The number of aromatic nitrogens is 2. The molecule has 2 aromatic rings. The normalized spacial score (nSPS) is 15.7. The second kappa shape index (κ2) is 4.33. The van der Waals surface area contributed by atoms with Gasteiger partial charge in [0, 0.05) is 4.88 Å². The Morgan fingerprint density at radius 1 is 1.16 bits per heavy atom. The van der Waals surface area contributed by atoms with E-state index in [1.54, 1.807) is 0 Å². The molecule has 2 heterocycles. The summed E-state index contributed by atoms with van der Waals surface area (Å²) in [4.78, 5) is 9.65. The van der Waals surface area contributed by atoms with E-state index in [-0.39, 0.29) is 11.6 Å². The van der Waals surface area contributed by atoms with E-state index < -0.39 is 12.6 Å². The Hall–Kier alpha value is -1.37. The van der Waals surface area contributed by atoms with Gasteiger partial charge in [-0.3, -0.25) is 0 Å². The molecule has 2 aromatic heterocycles. The molecule has 0 saturated heterocycles. The average molecular weight is 287 g/mol. The molecule has 0 unspecified atom stereocenters. The van der Waals surface area contributed by atoms with Crippen LogP contribution in [-0.2, 0) is 19.3 Å². The Bertz CT molecular complexity index is 633. The van der Waals surface area contributed by atoms with E-state index in [4.69, 9.17) is 5.73 Å². The first-order valence-electron chi connectivity index (χ1n) is 6.07. The van der Waals surface area contributed by atoms with E-state index in [0.29, 0.717) is 4.83 Å². The maximum atomic E-state index is 12.4. The summed E-state index contributed by atoms with van der Waals surface area (Å²) in [7, 11) is 0. The number of alkyl halides is 3. The minimum atomic E-state index is -4.31. The van der Waals surface area contributed by atoms with Gasteiger partial charge >= 0.3 is 6.18 Å². The predicted octanol–water partition coefficient (Wildman–Crippen LogP) is 3.26. The summed E-state index contributed by atoms with van der Waals surface area (Å²) >= 11 is 1.46. The quantitative estimate of drug-likeness (QED) is 0.876. The van der Waals surface area contributed by atoms with Gasteiger partial charge in [0.2, 0.25) is 0 Å². The van der Waals surface area contributed by atoms with Crippen LogP contribution in [0.1, 0.15) is 29.1 Å². The van der Waals surface area contributed by atoms with Crippen LogP contribution in [0.3, 0.4) is 0 Å². The molecule has 0 atom stereocenters. The van der Waals surface area contributed by atoms with Crippen LogP contribution in [0.25, 0.3) is 10.2 Å². The van der Waals surface area contributed by atoms with Gasteiger partial charge in [0.1, 0.15) is 22.9 Å². The van der Waals surface area contributed by atoms with Gasteiger partial charge in [-0.15, -0.1) is 11.3 Å². The molecule has 3 rings (SSSR count). The molecule has 0 saturated carbocycles. The average Bonchev–Trinajstić information content (AvgIpc) is 2.64. The van der Waals surface area contributed by atoms with Crippen molar-refractivity contribution in [3.63, 3.8) is 0 Å². The maximum Gasteiger partial charge on any atom is 0.396 e. The molecule has 0 amide bonds. The fraction of sp³-hybridized carbons (Fsp3) is 0.500. The molecule has 1 aliphatic rings. The third-order valence-corrected chi connectivity index (χ3v) is 4.43. The fourth-order valence-electron chi connectivity index (χ4n) is 2.49. The Kier molecular flexibility index (Phi) is 2.88. The molecule has 2 N–H and O–H groups in total. The molecule has 1 aliphatic carbocycles. The zero-order valence-corrected chi connectivity index (χ0v) is 10.9. The zero-order valence-electron chi connectivity index (χ0n) is 10.0. The SMILES string of the molecule is Nc1nc(CC(F)(F)F)nc2sc3c(c12)CCCC3. The van der Waals surface area contributed by atoms with Crippen molar-refractivity contribution in [3.8, 4) is 0 Å². The van der Waals surface area contributed by atoms with Gasteiger partial charge in [-0.25, -0.2) is 9.97 Å². The first kappa shape index (κ1) is 12.7. The number of nitrogens with two attached hydrogens (primary N) is 1. The van der Waals surface area contributed by atoms with E-state index in [2.05, 4.69) is 9.97 Å². The van der Waals surface area contributed by atoms with Gasteiger partial charge in [0.25, 0.3) is 0 Å². The van der Waals surface area contributed by atoms with Crippen molar-refractivity contribution in [1.82, 2.24) is 9.97 Å². The molecule has 7 heteroatoms. The third kappa shape index (κ3) is 2.39. The second-order valence-corrected chi connectivity index (χ2v) is 5.79. The van der Waals surface area contributed by atoms with Crippen molar-refractivity contribution in [2.24, 2.45) is 0 Å². The zero-order chi connectivity index (χ0) is 13.6. The van der Waals surface area contributed by atoms with Gasteiger partial charge in [-0.2, -0.15) is 13.2 Å². The number of rotatable bonds is 1. The number of aryl methyl sites for hydroxylation is 2. The molecule has 19 heavy (non-hydrogen) atoms. The molecule has 0 aromatic carbocycles. The molecule has 3 nitrogen and oxygen atoms in total. The largest absolute Gasteiger partial charge is 0.396 e. The van der Waals surface area contributed by atoms with E-state index in [1.165, 1.54) is 16.2 Å². The molecule has 0 bridgehead atoms.